The molecule has 2 N–H and O–H groups in total. The van der Waals surface area contributed by atoms with Crippen molar-refractivity contribution < 1.29 is 9.90 Å². The van der Waals surface area contributed by atoms with E-state index in [1.54, 1.807) is 6.07 Å². The van der Waals surface area contributed by atoms with Gasteiger partial charge in [0, 0.05) is 13.2 Å². The van der Waals surface area contributed by atoms with Gasteiger partial charge in [0.1, 0.15) is 10.3 Å². The number of pyridine rings is 1. The van der Waals surface area contributed by atoms with Crippen molar-refractivity contribution in [2.45, 2.75) is 25.7 Å². The molecule has 100 valence electrons. The quantitative estimate of drug-likeness (QED) is 0.599. The average Bonchev–Trinajstić information content (AvgIpc) is 2.33. The van der Waals surface area contributed by atoms with Crippen molar-refractivity contribution in [2.24, 2.45) is 0 Å². The largest absolute Gasteiger partial charge is 0.396 e. The third kappa shape index (κ3) is 5.21. The fourth-order valence-corrected chi connectivity index (χ4v) is 1.90. The number of rotatable bonds is 7. The van der Waals surface area contributed by atoms with Gasteiger partial charge in [0.2, 0.25) is 0 Å². The SMILES string of the molecule is O=C(NCCCCCCO)c1ccc(Cl)nc1Cl. The third-order valence-corrected chi connectivity index (χ3v) is 2.93. The lowest BCUT2D eigenvalue weighted by Crippen LogP contribution is -2.24. The molecule has 18 heavy (non-hydrogen) atoms. The molecule has 1 aromatic heterocycles. The van der Waals surface area contributed by atoms with E-state index in [0.717, 1.165) is 25.7 Å². The maximum atomic E-state index is 11.7. The van der Waals surface area contributed by atoms with Gasteiger partial charge in [-0.2, -0.15) is 0 Å². The Morgan fingerprint density at radius 1 is 1.22 bits per heavy atom. The predicted molar refractivity (Wildman–Crippen MR) is 72.1 cm³/mol. The van der Waals surface area contributed by atoms with Crippen molar-refractivity contribution in [3.05, 3.63) is 28.0 Å². The average molecular weight is 291 g/mol. The van der Waals surface area contributed by atoms with Crippen LogP contribution in [0.3, 0.4) is 0 Å². The fourth-order valence-electron chi connectivity index (χ4n) is 1.47. The highest BCUT2D eigenvalue weighted by atomic mass is 35.5. The van der Waals surface area contributed by atoms with Crippen LogP contribution in [0.2, 0.25) is 10.3 Å². The van der Waals surface area contributed by atoms with Gasteiger partial charge in [-0.15, -0.1) is 0 Å². The lowest BCUT2D eigenvalue weighted by atomic mass is 10.2. The van der Waals surface area contributed by atoms with Gasteiger partial charge >= 0.3 is 0 Å². The first-order valence-corrected chi connectivity index (χ1v) is 6.62. The standard InChI is InChI=1S/C12H16Cl2N2O2/c13-10-6-5-9(11(14)16-10)12(18)15-7-3-1-2-4-8-17/h5-6,17H,1-4,7-8H2,(H,15,18). The number of amides is 1. The number of nitrogens with zero attached hydrogens (tertiary/aromatic N) is 1. The highest BCUT2D eigenvalue weighted by Gasteiger charge is 2.10. The molecular weight excluding hydrogens is 275 g/mol. The van der Waals surface area contributed by atoms with E-state index in [-0.39, 0.29) is 22.8 Å². The smallest absolute Gasteiger partial charge is 0.254 e. The highest BCUT2D eigenvalue weighted by Crippen LogP contribution is 2.16. The van der Waals surface area contributed by atoms with Gasteiger partial charge < -0.3 is 10.4 Å². The minimum atomic E-state index is -0.244. The van der Waals surface area contributed by atoms with Crippen molar-refractivity contribution in [3.8, 4) is 0 Å². The molecule has 0 aliphatic carbocycles. The van der Waals surface area contributed by atoms with Crippen molar-refractivity contribution >= 4 is 29.1 Å². The van der Waals surface area contributed by atoms with Crippen LogP contribution in [-0.4, -0.2) is 29.1 Å². The summed E-state index contributed by atoms with van der Waals surface area (Å²) >= 11 is 11.5. The molecule has 1 heterocycles. The molecule has 0 radical (unpaired) electrons. The van der Waals surface area contributed by atoms with Gasteiger partial charge in [-0.1, -0.05) is 36.0 Å². The second-order valence-electron chi connectivity index (χ2n) is 3.87. The molecule has 0 aromatic carbocycles. The summed E-state index contributed by atoms with van der Waals surface area (Å²) in [6.07, 6.45) is 3.63. The van der Waals surface area contributed by atoms with Crippen LogP contribution in [0.25, 0.3) is 0 Å². The molecule has 4 nitrogen and oxygen atoms in total. The second-order valence-corrected chi connectivity index (χ2v) is 4.61. The number of unbranched alkanes of at least 4 members (excludes halogenated alkanes) is 3. The molecule has 0 fully saturated rings. The number of carbonyl (C=O) groups excluding carboxylic acids is 1. The maximum Gasteiger partial charge on any atom is 0.254 e. The van der Waals surface area contributed by atoms with Crippen LogP contribution < -0.4 is 5.32 Å². The number of carbonyl (C=O) groups is 1. The second kappa shape index (κ2) is 8.29. The number of nitrogens with one attached hydrogen (secondary N) is 1. The van der Waals surface area contributed by atoms with Crippen LogP contribution in [0, 0.1) is 0 Å². The minimum Gasteiger partial charge on any atom is -0.396 e. The van der Waals surface area contributed by atoms with Crippen molar-refractivity contribution in [2.75, 3.05) is 13.2 Å². The molecule has 0 saturated heterocycles. The van der Waals surface area contributed by atoms with Crippen LogP contribution in [0.15, 0.2) is 12.1 Å². The Balaban J connectivity index is 2.32. The van der Waals surface area contributed by atoms with Crippen LogP contribution >= 0.6 is 23.2 Å². The Morgan fingerprint density at radius 3 is 2.61 bits per heavy atom. The first-order valence-electron chi connectivity index (χ1n) is 5.86. The summed E-state index contributed by atoms with van der Waals surface area (Å²) in [4.78, 5) is 15.6. The number of hydrogen-bond donors (Lipinski definition) is 2. The number of aliphatic hydroxyl groups is 1. The topological polar surface area (TPSA) is 62.2 Å². The van der Waals surface area contributed by atoms with Crippen LogP contribution in [-0.2, 0) is 0 Å². The zero-order valence-electron chi connectivity index (χ0n) is 9.96. The van der Waals surface area contributed by atoms with E-state index in [0.29, 0.717) is 12.1 Å². The first kappa shape index (κ1) is 15.2. The van der Waals surface area contributed by atoms with Gasteiger partial charge in [0.05, 0.1) is 5.56 Å². The molecule has 1 aromatic rings. The summed E-state index contributed by atoms with van der Waals surface area (Å²) < 4.78 is 0. The summed E-state index contributed by atoms with van der Waals surface area (Å²) in [7, 11) is 0. The molecular formula is C12H16Cl2N2O2. The van der Waals surface area contributed by atoms with Crippen molar-refractivity contribution in [1.29, 1.82) is 0 Å². The van der Waals surface area contributed by atoms with E-state index < -0.39 is 0 Å². The fraction of sp³-hybridized carbons (Fsp3) is 0.500. The number of halogens is 2. The van der Waals surface area contributed by atoms with Crippen LogP contribution in [0.1, 0.15) is 36.0 Å². The molecule has 0 bridgehead atoms. The Kier molecular flexibility index (Phi) is 7.01. The highest BCUT2D eigenvalue weighted by molar-refractivity contribution is 6.34. The van der Waals surface area contributed by atoms with Gasteiger partial charge in [-0.3, -0.25) is 4.79 Å². The van der Waals surface area contributed by atoms with E-state index in [9.17, 15) is 4.79 Å². The normalized spacial score (nSPS) is 10.4. The molecule has 0 aliphatic heterocycles. The maximum absolute atomic E-state index is 11.7. The number of aliphatic hydroxyl groups excluding tert-OH is 1. The van der Waals surface area contributed by atoms with Crippen LogP contribution in [0.4, 0.5) is 0 Å². The van der Waals surface area contributed by atoms with Gasteiger partial charge in [-0.25, -0.2) is 4.98 Å². The molecule has 1 amide bonds. The van der Waals surface area contributed by atoms with Crippen molar-refractivity contribution in [1.82, 2.24) is 10.3 Å². The molecule has 0 atom stereocenters. The zero-order valence-corrected chi connectivity index (χ0v) is 11.5. The molecule has 0 saturated carbocycles. The summed E-state index contributed by atoms with van der Waals surface area (Å²) in [5.74, 6) is -0.244. The molecule has 0 spiro atoms. The summed E-state index contributed by atoms with van der Waals surface area (Å²) in [6, 6.07) is 3.09. The Hall–Kier alpha value is -0.840. The lowest BCUT2D eigenvalue weighted by Gasteiger charge is -2.06. The molecule has 0 aliphatic rings. The monoisotopic (exact) mass is 290 g/mol. The minimum absolute atomic E-state index is 0.111. The Bertz CT molecular complexity index is 400. The van der Waals surface area contributed by atoms with Crippen molar-refractivity contribution in [3.63, 3.8) is 0 Å². The summed E-state index contributed by atoms with van der Waals surface area (Å²) in [5, 5.41) is 11.8. The summed E-state index contributed by atoms with van der Waals surface area (Å²) in [6.45, 7) is 0.807. The molecule has 6 heteroatoms. The van der Waals surface area contributed by atoms with Gasteiger partial charge in [-0.05, 0) is 25.0 Å². The van der Waals surface area contributed by atoms with Gasteiger partial charge in [0.15, 0.2) is 0 Å². The van der Waals surface area contributed by atoms with E-state index in [1.807, 2.05) is 0 Å². The predicted octanol–water partition coefficient (Wildman–Crippen LogP) is 2.67. The molecule has 1 rings (SSSR count). The molecule has 0 unspecified atom stereocenters. The van der Waals surface area contributed by atoms with E-state index in [2.05, 4.69) is 10.3 Å². The van der Waals surface area contributed by atoms with Gasteiger partial charge in [0.25, 0.3) is 5.91 Å². The Labute approximate surface area is 116 Å². The number of aromatic nitrogens is 1. The third-order valence-electron chi connectivity index (χ3n) is 2.43. The van der Waals surface area contributed by atoms with E-state index in [4.69, 9.17) is 28.3 Å². The van der Waals surface area contributed by atoms with E-state index >= 15 is 0 Å². The Morgan fingerprint density at radius 2 is 1.94 bits per heavy atom. The lowest BCUT2D eigenvalue weighted by molar-refractivity contribution is 0.0952. The van der Waals surface area contributed by atoms with Crippen LogP contribution in [0.5, 0.6) is 0 Å². The summed E-state index contributed by atoms with van der Waals surface area (Å²) in [5.41, 5.74) is 0.330. The first-order chi connectivity index (χ1) is 8.65. The van der Waals surface area contributed by atoms with E-state index in [1.165, 1.54) is 6.07 Å². The zero-order chi connectivity index (χ0) is 13.4. The number of hydrogen-bond acceptors (Lipinski definition) is 3.